The van der Waals surface area contributed by atoms with Crippen LogP contribution in [0.1, 0.15) is 40.3 Å². The van der Waals surface area contributed by atoms with E-state index in [-0.39, 0.29) is 17.4 Å². The highest BCUT2D eigenvalue weighted by Crippen LogP contribution is 2.21. The number of esters is 1. The molecule has 2 rings (SSSR count). The minimum Gasteiger partial charge on any atom is -0.459 e. The van der Waals surface area contributed by atoms with Crippen LogP contribution in [0.25, 0.3) is 5.69 Å². The first kappa shape index (κ1) is 16.0. The molecule has 0 saturated carbocycles. The molecular weight excluding hydrogens is 306 g/mol. The van der Waals surface area contributed by atoms with Crippen molar-refractivity contribution in [3.05, 3.63) is 46.2 Å². The van der Waals surface area contributed by atoms with Crippen LogP contribution in [-0.4, -0.2) is 27.8 Å². The second-order valence-electron chi connectivity index (χ2n) is 5.12. The molecule has 2 aromatic rings. The van der Waals surface area contributed by atoms with Crippen molar-refractivity contribution in [1.29, 1.82) is 0 Å². The topological polar surface area (TPSA) is 87.2 Å². The number of aromatic nitrogens is 2. The molecule has 0 aliphatic rings. The van der Waals surface area contributed by atoms with Crippen molar-refractivity contribution in [2.45, 2.75) is 26.9 Å². The lowest BCUT2D eigenvalue weighted by Gasteiger charge is -2.09. The van der Waals surface area contributed by atoms with Crippen LogP contribution in [0, 0.1) is 6.92 Å². The van der Waals surface area contributed by atoms with Crippen molar-refractivity contribution in [3.8, 4) is 5.69 Å². The fraction of sp³-hybridized carbons (Fsp3) is 0.267. The van der Waals surface area contributed by atoms with Gasteiger partial charge < -0.3 is 10.5 Å². The van der Waals surface area contributed by atoms with Gasteiger partial charge in [-0.05, 0) is 44.5 Å². The third kappa shape index (κ3) is 3.28. The van der Waals surface area contributed by atoms with Gasteiger partial charge in [-0.3, -0.25) is 4.79 Å². The monoisotopic (exact) mass is 321 g/mol. The molecule has 0 radical (unpaired) electrons. The van der Waals surface area contributed by atoms with Crippen molar-refractivity contribution in [1.82, 2.24) is 9.78 Å². The Kier molecular flexibility index (Phi) is 4.51. The zero-order chi connectivity index (χ0) is 16.4. The molecule has 7 heteroatoms. The van der Waals surface area contributed by atoms with E-state index in [1.807, 2.05) is 6.92 Å². The average molecular weight is 322 g/mol. The number of nitrogens with two attached hydrogens (primary N) is 1. The highest BCUT2D eigenvalue weighted by atomic mass is 35.5. The van der Waals surface area contributed by atoms with Gasteiger partial charge in [-0.1, -0.05) is 11.6 Å². The highest BCUT2D eigenvalue weighted by Gasteiger charge is 2.24. The first-order valence-electron chi connectivity index (χ1n) is 6.66. The average Bonchev–Trinajstić information content (AvgIpc) is 2.81. The minimum absolute atomic E-state index is 0.0267. The molecule has 0 spiro atoms. The number of aryl methyl sites for hydroxylation is 1. The molecule has 1 aromatic heterocycles. The van der Waals surface area contributed by atoms with Gasteiger partial charge in [-0.2, -0.15) is 5.10 Å². The quantitative estimate of drug-likeness (QED) is 0.876. The SMILES string of the molecule is Cc1cc(Cl)cc(-n2ncc(C(=O)OC(C)C)c2C(N)=O)c1. The number of halogens is 1. The molecule has 1 aromatic carbocycles. The van der Waals surface area contributed by atoms with Crippen LogP contribution < -0.4 is 5.73 Å². The summed E-state index contributed by atoms with van der Waals surface area (Å²) in [5, 5.41) is 4.57. The van der Waals surface area contributed by atoms with E-state index in [0.29, 0.717) is 10.7 Å². The summed E-state index contributed by atoms with van der Waals surface area (Å²) in [5.74, 6) is -1.42. The van der Waals surface area contributed by atoms with Crippen molar-refractivity contribution in [2.24, 2.45) is 5.73 Å². The molecule has 0 aliphatic carbocycles. The lowest BCUT2D eigenvalue weighted by atomic mass is 10.2. The van der Waals surface area contributed by atoms with Crippen LogP contribution in [-0.2, 0) is 4.74 Å². The maximum Gasteiger partial charge on any atom is 0.342 e. The number of hydrogen-bond acceptors (Lipinski definition) is 4. The van der Waals surface area contributed by atoms with E-state index in [0.717, 1.165) is 5.56 Å². The second-order valence-corrected chi connectivity index (χ2v) is 5.56. The van der Waals surface area contributed by atoms with Crippen LogP contribution in [0.15, 0.2) is 24.4 Å². The van der Waals surface area contributed by atoms with Crippen LogP contribution >= 0.6 is 11.6 Å². The Morgan fingerprint density at radius 2 is 2.00 bits per heavy atom. The Morgan fingerprint density at radius 1 is 1.32 bits per heavy atom. The second kappa shape index (κ2) is 6.19. The Labute approximate surface area is 132 Å². The fourth-order valence-electron chi connectivity index (χ4n) is 2.05. The minimum atomic E-state index is -0.772. The Balaban J connectivity index is 2.56. The van der Waals surface area contributed by atoms with E-state index in [9.17, 15) is 9.59 Å². The number of rotatable bonds is 4. The van der Waals surface area contributed by atoms with Crippen LogP contribution in [0.4, 0.5) is 0 Å². The summed E-state index contributed by atoms with van der Waals surface area (Å²) < 4.78 is 6.39. The standard InChI is InChI=1S/C15H16ClN3O3/c1-8(2)22-15(21)12-7-18-19(13(12)14(17)20)11-5-9(3)4-10(16)6-11/h4-8H,1-3H3,(H2,17,20). The molecule has 116 valence electrons. The lowest BCUT2D eigenvalue weighted by molar-refractivity contribution is 0.0375. The summed E-state index contributed by atoms with van der Waals surface area (Å²) >= 11 is 6.02. The molecule has 0 saturated heterocycles. The zero-order valence-corrected chi connectivity index (χ0v) is 13.2. The predicted molar refractivity (Wildman–Crippen MR) is 82.4 cm³/mol. The van der Waals surface area contributed by atoms with Gasteiger partial charge in [0.2, 0.25) is 0 Å². The summed E-state index contributed by atoms with van der Waals surface area (Å²) in [6.45, 7) is 5.29. The van der Waals surface area contributed by atoms with Crippen LogP contribution in [0.3, 0.4) is 0 Å². The number of nitrogens with zero attached hydrogens (tertiary/aromatic N) is 2. The van der Waals surface area contributed by atoms with E-state index in [1.54, 1.807) is 32.0 Å². The van der Waals surface area contributed by atoms with Gasteiger partial charge in [-0.15, -0.1) is 0 Å². The first-order valence-corrected chi connectivity index (χ1v) is 7.03. The van der Waals surface area contributed by atoms with E-state index < -0.39 is 11.9 Å². The van der Waals surface area contributed by atoms with Gasteiger partial charge in [0.25, 0.3) is 5.91 Å². The molecule has 2 N–H and O–H groups in total. The molecule has 1 heterocycles. The van der Waals surface area contributed by atoms with Gasteiger partial charge in [0, 0.05) is 5.02 Å². The molecule has 0 unspecified atom stereocenters. The number of ether oxygens (including phenoxy) is 1. The zero-order valence-electron chi connectivity index (χ0n) is 12.5. The van der Waals surface area contributed by atoms with Crippen LogP contribution in [0.5, 0.6) is 0 Å². The molecule has 0 fully saturated rings. The number of benzene rings is 1. The maximum absolute atomic E-state index is 12.0. The van der Waals surface area contributed by atoms with E-state index in [1.165, 1.54) is 10.9 Å². The summed E-state index contributed by atoms with van der Waals surface area (Å²) in [5.41, 5.74) is 6.83. The largest absolute Gasteiger partial charge is 0.459 e. The smallest absolute Gasteiger partial charge is 0.342 e. The number of amides is 1. The first-order chi connectivity index (χ1) is 10.3. The summed E-state index contributed by atoms with van der Waals surface area (Å²) in [6.07, 6.45) is 0.950. The highest BCUT2D eigenvalue weighted by molar-refractivity contribution is 6.30. The van der Waals surface area contributed by atoms with Crippen molar-refractivity contribution in [2.75, 3.05) is 0 Å². The number of primary amides is 1. The fourth-order valence-corrected chi connectivity index (χ4v) is 2.33. The van der Waals surface area contributed by atoms with E-state index in [2.05, 4.69) is 5.10 Å². The van der Waals surface area contributed by atoms with Gasteiger partial charge >= 0.3 is 5.97 Å². The van der Waals surface area contributed by atoms with Crippen molar-refractivity contribution in [3.63, 3.8) is 0 Å². The van der Waals surface area contributed by atoms with Gasteiger partial charge in [0.05, 0.1) is 18.0 Å². The van der Waals surface area contributed by atoms with Gasteiger partial charge in [0.15, 0.2) is 0 Å². The Morgan fingerprint density at radius 3 is 2.55 bits per heavy atom. The Bertz CT molecular complexity index is 717. The summed E-state index contributed by atoms with van der Waals surface area (Å²) in [4.78, 5) is 23.8. The van der Waals surface area contributed by atoms with Gasteiger partial charge in [-0.25, -0.2) is 9.48 Å². The molecule has 1 amide bonds. The summed E-state index contributed by atoms with van der Waals surface area (Å²) in [6, 6.07) is 5.18. The van der Waals surface area contributed by atoms with E-state index in [4.69, 9.17) is 22.1 Å². The van der Waals surface area contributed by atoms with Gasteiger partial charge in [0.1, 0.15) is 11.3 Å². The predicted octanol–water partition coefficient (Wildman–Crippen LogP) is 2.50. The van der Waals surface area contributed by atoms with Crippen molar-refractivity contribution < 1.29 is 14.3 Å². The molecule has 0 atom stereocenters. The third-order valence-corrected chi connectivity index (χ3v) is 3.05. The van der Waals surface area contributed by atoms with Crippen molar-refractivity contribution >= 4 is 23.5 Å². The van der Waals surface area contributed by atoms with Crippen LogP contribution in [0.2, 0.25) is 5.02 Å². The summed E-state index contributed by atoms with van der Waals surface area (Å²) in [7, 11) is 0. The molecule has 0 aliphatic heterocycles. The maximum atomic E-state index is 12.0. The molecular formula is C15H16ClN3O3. The normalized spacial score (nSPS) is 10.8. The lowest BCUT2D eigenvalue weighted by Crippen LogP contribution is -2.22. The number of carbonyl (C=O) groups excluding carboxylic acids is 2. The molecule has 22 heavy (non-hydrogen) atoms. The molecule has 0 bridgehead atoms. The number of hydrogen-bond donors (Lipinski definition) is 1. The van der Waals surface area contributed by atoms with E-state index >= 15 is 0 Å². The molecule has 6 nitrogen and oxygen atoms in total. The number of carbonyl (C=O) groups is 2. The third-order valence-electron chi connectivity index (χ3n) is 2.84. The Hall–Kier alpha value is -2.34.